The molecule has 1 heterocycles. The molecule has 0 amide bonds. The van der Waals surface area contributed by atoms with E-state index in [0.29, 0.717) is 0 Å². The third kappa shape index (κ3) is 1.13. The van der Waals surface area contributed by atoms with Gasteiger partial charge in [-0.25, -0.2) is 8.37 Å². The van der Waals surface area contributed by atoms with Crippen LogP contribution in [0.15, 0.2) is 0 Å². The highest BCUT2D eigenvalue weighted by atomic mass is 32.3. The summed E-state index contributed by atoms with van der Waals surface area (Å²) in [4.78, 5) is 0. The van der Waals surface area contributed by atoms with Crippen molar-refractivity contribution in [2.45, 2.75) is 5.62 Å². The summed E-state index contributed by atoms with van der Waals surface area (Å²) in [6.45, 7) is 0. The molecule has 8 heavy (non-hydrogen) atoms. The van der Waals surface area contributed by atoms with E-state index in [1.807, 2.05) is 0 Å². The van der Waals surface area contributed by atoms with Gasteiger partial charge < -0.3 is 0 Å². The highest BCUT2D eigenvalue weighted by Gasteiger charge is 2.35. The van der Waals surface area contributed by atoms with Gasteiger partial charge in [0, 0.05) is 0 Å². The molecule has 0 aromatic heterocycles. The molecule has 4 nitrogen and oxygen atoms in total. The standard InChI is InChI=1S/C2H4O4S2/c1-7-2-5-8(3,4)6-2/h2H,1H3. The van der Waals surface area contributed by atoms with Crippen molar-refractivity contribution >= 4 is 22.2 Å². The van der Waals surface area contributed by atoms with Crippen molar-refractivity contribution < 1.29 is 16.8 Å². The summed E-state index contributed by atoms with van der Waals surface area (Å²) in [6, 6.07) is 0. The Balaban J connectivity index is 2.43. The fraction of sp³-hybridized carbons (Fsp3) is 1.00. The quantitative estimate of drug-likeness (QED) is 0.531. The molecule has 1 rings (SSSR count). The van der Waals surface area contributed by atoms with Crippen LogP contribution in [0.1, 0.15) is 0 Å². The number of thioether (sulfide) groups is 1. The number of hydrogen-bond donors (Lipinski definition) is 0. The monoisotopic (exact) mass is 156 g/mol. The molecule has 0 saturated carbocycles. The van der Waals surface area contributed by atoms with Gasteiger partial charge in [-0.05, 0) is 6.26 Å². The lowest BCUT2D eigenvalue weighted by atomic mass is 11.5. The Morgan fingerprint density at radius 3 is 2.12 bits per heavy atom. The van der Waals surface area contributed by atoms with Gasteiger partial charge in [0.25, 0.3) is 0 Å². The molecule has 1 aliphatic heterocycles. The zero-order valence-corrected chi connectivity index (χ0v) is 5.66. The molecule has 0 N–H and O–H groups in total. The van der Waals surface area contributed by atoms with Crippen LogP contribution < -0.4 is 0 Å². The SMILES string of the molecule is CSC1OS(=O)(=O)O1. The van der Waals surface area contributed by atoms with E-state index >= 15 is 0 Å². The van der Waals surface area contributed by atoms with Crippen molar-refractivity contribution in [3.63, 3.8) is 0 Å². The molecule has 0 aromatic carbocycles. The zero-order valence-electron chi connectivity index (χ0n) is 4.03. The second kappa shape index (κ2) is 1.87. The number of hydrogen-bond acceptors (Lipinski definition) is 5. The van der Waals surface area contributed by atoms with E-state index in [-0.39, 0.29) is 0 Å². The normalized spacial score (nSPS) is 27.1. The summed E-state index contributed by atoms with van der Waals surface area (Å²) in [6.07, 6.45) is 1.69. The highest BCUT2D eigenvalue weighted by Crippen LogP contribution is 2.25. The van der Waals surface area contributed by atoms with E-state index in [9.17, 15) is 8.42 Å². The fourth-order valence-electron chi connectivity index (χ4n) is 0.278. The van der Waals surface area contributed by atoms with E-state index in [4.69, 9.17) is 0 Å². The average Bonchev–Trinajstić information content (AvgIpc) is 1.60. The van der Waals surface area contributed by atoms with Gasteiger partial charge in [-0.3, -0.25) is 0 Å². The first-order valence-electron chi connectivity index (χ1n) is 1.78. The first kappa shape index (κ1) is 6.34. The van der Waals surface area contributed by atoms with Crippen LogP contribution >= 0.6 is 11.8 Å². The summed E-state index contributed by atoms with van der Waals surface area (Å²) in [5.41, 5.74) is -0.611. The summed E-state index contributed by atoms with van der Waals surface area (Å²) in [5.74, 6) is 0. The van der Waals surface area contributed by atoms with Crippen molar-refractivity contribution in [2.24, 2.45) is 0 Å². The highest BCUT2D eigenvalue weighted by molar-refractivity contribution is 8.00. The van der Waals surface area contributed by atoms with Gasteiger partial charge in [-0.2, -0.15) is 8.42 Å². The smallest absolute Gasteiger partial charge is 0.205 e. The van der Waals surface area contributed by atoms with Gasteiger partial charge in [0.05, 0.1) is 0 Å². The molecule has 1 saturated heterocycles. The summed E-state index contributed by atoms with van der Waals surface area (Å²) < 4.78 is 28.4. The second-order valence-corrected chi connectivity index (χ2v) is 3.18. The molecule has 0 unspecified atom stereocenters. The van der Waals surface area contributed by atoms with Crippen molar-refractivity contribution in [2.75, 3.05) is 6.26 Å². The Morgan fingerprint density at radius 2 is 2.00 bits per heavy atom. The van der Waals surface area contributed by atoms with Crippen molar-refractivity contribution in [1.82, 2.24) is 0 Å². The van der Waals surface area contributed by atoms with E-state index in [0.717, 1.165) is 0 Å². The predicted molar refractivity (Wildman–Crippen MR) is 28.4 cm³/mol. The van der Waals surface area contributed by atoms with Crippen molar-refractivity contribution in [1.29, 1.82) is 0 Å². The predicted octanol–water partition coefficient (Wildman–Crippen LogP) is -0.0754. The first-order valence-corrected chi connectivity index (χ1v) is 4.40. The van der Waals surface area contributed by atoms with Crippen LogP contribution in [0.5, 0.6) is 0 Å². The maximum atomic E-state index is 10.00. The third-order valence-electron chi connectivity index (χ3n) is 0.585. The Labute approximate surface area is 51.5 Å². The Morgan fingerprint density at radius 1 is 1.50 bits per heavy atom. The lowest BCUT2D eigenvalue weighted by Gasteiger charge is -2.22. The van der Waals surface area contributed by atoms with Crippen LogP contribution in [-0.2, 0) is 18.8 Å². The molecule has 48 valence electrons. The van der Waals surface area contributed by atoms with Gasteiger partial charge in [0.15, 0.2) is 0 Å². The lowest BCUT2D eigenvalue weighted by molar-refractivity contribution is -0.00913. The van der Waals surface area contributed by atoms with Gasteiger partial charge >= 0.3 is 10.4 Å². The summed E-state index contributed by atoms with van der Waals surface area (Å²) >= 11 is 1.19. The Hall–Kier alpha value is 0.220. The topological polar surface area (TPSA) is 52.6 Å². The van der Waals surface area contributed by atoms with Gasteiger partial charge in [0.1, 0.15) is 0 Å². The molecule has 0 radical (unpaired) electrons. The first-order chi connectivity index (χ1) is 3.64. The molecule has 0 atom stereocenters. The van der Waals surface area contributed by atoms with Crippen molar-refractivity contribution in [3.05, 3.63) is 0 Å². The summed E-state index contributed by atoms with van der Waals surface area (Å²) in [5, 5.41) is 0. The molecule has 0 aromatic rings. The molecular weight excluding hydrogens is 152 g/mol. The minimum absolute atomic E-state index is 0.611. The van der Waals surface area contributed by atoms with Crippen LogP contribution in [0.25, 0.3) is 0 Å². The van der Waals surface area contributed by atoms with Crippen LogP contribution in [0, 0.1) is 0 Å². The average molecular weight is 156 g/mol. The minimum Gasteiger partial charge on any atom is -0.205 e. The van der Waals surface area contributed by atoms with Crippen LogP contribution in [0.3, 0.4) is 0 Å². The maximum absolute atomic E-state index is 10.00. The van der Waals surface area contributed by atoms with Crippen molar-refractivity contribution in [3.8, 4) is 0 Å². The zero-order chi connectivity index (χ0) is 6.20. The number of rotatable bonds is 1. The fourth-order valence-corrected chi connectivity index (χ4v) is 1.88. The lowest BCUT2D eigenvalue weighted by Crippen LogP contribution is -2.33. The van der Waals surface area contributed by atoms with Gasteiger partial charge in [-0.15, -0.1) is 11.8 Å². The molecule has 0 aliphatic carbocycles. The summed E-state index contributed by atoms with van der Waals surface area (Å²) in [7, 11) is -3.56. The van der Waals surface area contributed by atoms with Gasteiger partial charge in [-0.1, -0.05) is 0 Å². The maximum Gasteiger partial charge on any atom is 0.406 e. The third-order valence-corrected chi connectivity index (χ3v) is 2.23. The molecule has 0 bridgehead atoms. The molecular formula is C2H4O4S2. The Kier molecular flexibility index (Phi) is 1.48. The molecule has 1 fully saturated rings. The minimum atomic E-state index is -3.56. The van der Waals surface area contributed by atoms with E-state index in [1.54, 1.807) is 6.26 Å². The molecule has 1 aliphatic rings. The van der Waals surface area contributed by atoms with E-state index < -0.39 is 16.0 Å². The van der Waals surface area contributed by atoms with Crippen LogP contribution in [0.4, 0.5) is 0 Å². The van der Waals surface area contributed by atoms with Crippen LogP contribution in [-0.4, -0.2) is 20.3 Å². The van der Waals surface area contributed by atoms with E-state index in [1.165, 1.54) is 11.8 Å². The second-order valence-electron chi connectivity index (χ2n) is 1.13. The molecule has 0 spiro atoms. The Bertz CT molecular complexity index is 158. The largest absolute Gasteiger partial charge is 0.406 e. The van der Waals surface area contributed by atoms with Crippen LogP contribution in [0.2, 0.25) is 0 Å². The molecule has 6 heteroatoms. The van der Waals surface area contributed by atoms with Gasteiger partial charge in [0.2, 0.25) is 5.62 Å². The van der Waals surface area contributed by atoms with E-state index in [2.05, 4.69) is 8.37 Å².